The smallest absolute Gasteiger partial charge is 0.460 e. The van der Waals surface area contributed by atoms with Crippen molar-refractivity contribution in [1.82, 2.24) is 0 Å². The van der Waals surface area contributed by atoms with Crippen LogP contribution in [0.5, 0.6) is 5.75 Å². The maximum atomic E-state index is 14.3. The van der Waals surface area contributed by atoms with Crippen LogP contribution in [0.2, 0.25) is 0 Å². The third-order valence-electron chi connectivity index (χ3n) is 7.27. The molecule has 0 heterocycles. The van der Waals surface area contributed by atoms with Gasteiger partial charge in [0.05, 0.1) is 7.11 Å². The van der Waals surface area contributed by atoms with E-state index in [0.717, 1.165) is 6.08 Å². The molecule has 2 atom stereocenters. The zero-order valence-electron chi connectivity index (χ0n) is 22.0. The highest BCUT2D eigenvalue weighted by Crippen LogP contribution is 2.60. The second kappa shape index (κ2) is 11.7. The van der Waals surface area contributed by atoms with E-state index in [0.29, 0.717) is 16.9 Å². The topological polar surface area (TPSA) is 26.3 Å². The molecule has 0 aliphatic heterocycles. The Morgan fingerprint density at radius 3 is 1.95 bits per heavy atom. The van der Waals surface area contributed by atoms with Gasteiger partial charge in [0.1, 0.15) is 5.75 Å². The molecule has 3 rings (SSSR count). The molecule has 2 nitrogen and oxygen atoms in total. The summed E-state index contributed by atoms with van der Waals surface area (Å²) in [6, 6.07) is 12.6. The summed E-state index contributed by atoms with van der Waals surface area (Å²) >= 11 is 0. The molecular weight excluding hydrogens is 615 g/mol. The van der Waals surface area contributed by atoms with Crippen LogP contribution < -0.4 is 4.74 Å². The van der Waals surface area contributed by atoms with Crippen LogP contribution in [0.3, 0.4) is 0 Å². The summed E-state index contributed by atoms with van der Waals surface area (Å²) in [7, 11) is 1.39. The summed E-state index contributed by atoms with van der Waals surface area (Å²) in [4.78, 5) is 12.9. The van der Waals surface area contributed by atoms with Crippen molar-refractivity contribution >= 4 is 5.78 Å². The first-order valence-corrected chi connectivity index (χ1v) is 12.5. The van der Waals surface area contributed by atoms with E-state index in [9.17, 15) is 61.9 Å². The van der Waals surface area contributed by atoms with Crippen molar-refractivity contribution in [3.63, 3.8) is 0 Å². The van der Waals surface area contributed by atoms with E-state index in [1.807, 2.05) is 0 Å². The van der Waals surface area contributed by atoms with Crippen molar-refractivity contribution in [3.05, 3.63) is 77.4 Å². The molecular formula is C28H23F13O2. The molecule has 2 aromatic carbocycles. The summed E-state index contributed by atoms with van der Waals surface area (Å²) in [5, 5.41) is 0. The SMILES string of the molecule is COc1ccc2c(c1)CC[C@@H](/C=C/CC(F)(F)C(F)(F)C(F)(F)C(F)(F)C(F)(F)C(F)(F)F)[C@@H]2CC(=O)c1ccccc1. The Bertz CT molecular complexity index is 1320. The standard InChI is InChI=1S/C28H23F13O2/c1-43-19-11-12-20-18(14-19)10-9-16(21(20)15-22(42)17-6-3-2-4-7-17)8-5-13-23(29,30)24(31,32)25(33,34)26(35,36)27(37,38)28(39,40)41/h2-8,11-12,14,16,21H,9-10,13,15H2,1H3/b8-5+/t16-,21+/m1/s1. The predicted molar refractivity (Wildman–Crippen MR) is 127 cm³/mol. The lowest BCUT2D eigenvalue weighted by atomic mass is 9.72. The maximum absolute atomic E-state index is 14.3. The van der Waals surface area contributed by atoms with Gasteiger partial charge in [-0.3, -0.25) is 4.79 Å². The van der Waals surface area contributed by atoms with Crippen LogP contribution in [-0.2, 0) is 6.42 Å². The Morgan fingerprint density at radius 2 is 1.40 bits per heavy atom. The van der Waals surface area contributed by atoms with Gasteiger partial charge in [0.15, 0.2) is 5.78 Å². The molecule has 0 fully saturated rings. The van der Waals surface area contributed by atoms with E-state index in [1.54, 1.807) is 36.4 Å². The highest BCUT2D eigenvalue weighted by molar-refractivity contribution is 5.96. The van der Waals surface area contributed by atoms with Crippen molar-refractivity contribution < 1.29 is 66.6 Å². The molecule has 238 valence electrons. The fourth-order valence-electron chi connectivity index (χ4n) is 4.80. The summed E-state index contributed by atoms with van der Waals surface area (Å²) in [6.07, 6.45) is -8.61. The number of ketones is 1. The Labute approximate surface area is 236 Å². The number of halogens is 13. The first kappa shape index (κ1) is 34.2. The van der Waals surface area contributed by atoms with E-state index < -0.39 is 59.8 Å². The van der Waals surface area contributed by atoms with Crippen LogP contribution >= 0.6 is 0 Å². The van der Waals surface area contributed by atoms with E-state index in [-0.39, 0.29) is 30.9 Å². The summed E-state index contributed by atoms with van der Waals surface area (Å²) < 4.78 is 180. The largest absolute Gasteiger partial charge is 0.497 e. The van der Waals surface area contributed by atoms with Gasteiger partial charge in [0.2, 0.25) is 0 Å². The first-order valence-electron chi connectivity index (χ1n) is 12.5. The summed E-state index contributed by atoms with van der Waals surface area (Å²) in [5.74, 6) is -38.6. The molecule has 0 bridgehead atoms. The number of methoxy groups -OCH3 is 1. The van der Waals surface area contributed by atoms with Crippen LogP contribution in [0.1, 0.15) is 46.7 Å². The molecule has 0 spiro atoms. The van der Waals surface area contributed by atoms with Crippen molar-refractivity contribution in [3.8, 4) is 5.75 Å². The molecule has 0 N–H and O–H groups in total. The quantitative estimate of drug-likeness (QED) is 0.139. The Morgan fingerprint density at radius 1 is 0.814 bits per heavy atom. The third kappa shape index (κ3) is 6.08. The van der Waals surface area contributed by atoms with Gasteiger partial charge < -0.3 is 4.74 Å². The van der Waals surface area contributed by atoms with E-state index >= 15 is 0 Å². The van der Waals surface area contributed by atoms with Crippen LogP contribution in [0.15, 0.2) is 60.7 Å². The Kier molecular flexibility index (Phi) is 9.30. The average molecular weight is 638 g/mol. The molecule has 0 amide bonds. The number of hydrogen-bond donors (Lipinski definition) is 0. The molecule has 0 radical (unpaired) electrons. The number of Topliss-reactive ketones (excluding diaryl/α,β-unsaturated/α-hetero) is 1. The number of carbonyl (C=O) groups excluding carboxylic acids is 1. The molecule has 1 aliphatic rings. The monoisotopic (exact) mass is 638 g/mol. The van der Waals surface area contributed by atoms with Gasteiger partial charge in [0, 0.05) is 18.4 Å². The molecule has 0 unspecified atom stereocenters. The minimum Gasteiger partial charge on any atom is -0.497 e. The van der Waals surface area contributed by atoms with Gasteiger partial charge >= 0.3 is 35.8 Å². The lowest BCUT2D eigenvalue weighted by Gasteiger charge is -2.39. The lowest BCUT2D eigenvalue weighted by molar-refractivity contribution is -0.439. The number of fused-ring (bicyclic) bond motifs is 1. The van der Waals surface area contributed by atoms with Gasteiger partial charge in [0.25, 0.3) is 0 Å². The van der Waals surface area contributed by atoms with Crippen LogP contribution in [0.4, 0.5) is 57.1 Å². The lowest BCUT2D eigenvalue weighted by Crippen LogP contribution is -2.70. The third-order valence-corrected chi connectivity index (χ3v) is 7.27. The van der Waals surface area contributed by atoms with Crippen LogP contribution in [0.25, 0.3) is 0 Å². The number of ether oxygens (including phenoxy) is 1. The number of alkyl halides is 13. The normalized spacial score (nSPS) is 18.9. The summed E-state index contributed by atoms with van der Waals surface area (Å²) in [6.45, 7) is 0. The average Bonchev–Trinajstić information content (AvgIpc) is 2.93. The van der Waals surface area contributed by atoms with Crippen LogP contribution in [0, 0.1) is 5.92 Å². The molecule has 0 saturated heterocycles. The summed E-state index contributed by atoms with van der Waals surface area (Å²) in [5.41, 5.74) is 1.55. The molecule has 0 saturated carbocycles. The number of carbonyl (C=O) groups is 1. The minimum absolute atomic E-state index is 0.122. The van der Waals surface area contributed by atoms with Crippen molar-refractivity contribution in [2.75, 3.05) is 7.11 Å². The van der Waals surface area contributed by atoms with E-state index in [2.05, 4.69) is 0 Å². The van der Waals surface area contributed by atoms with Gasteiger partial charge in [-0.05, 0) is 47.9 Å². The van der Waals surface area contributed by atoms with Crippen molar-refractivity contribution in [2.45, 2.75) is 67.4 Å². The van der Waals surface area contributed by atoms with Crippen molar-refractivity contribution in [1.29, 1.82) is 0 Å². The van der Waals surface area contributed by atoms with E-state index in [4.69, 9.17) is 4.74 Å². The fraction of sp³-hybridized carbons (Fsp3) is 0.464. The van der Waals surface area contributed by atoms with E-state index in [1.165, 1.54) is 19.2 Å². The molecule has 2 aromatic rings. The number of aryl methyl sites for hydroxylation is 1. The number of allylic oxidation sites excluding steroid dienone is 2. The molecule has 0 aromatic heterocycles. The zero-order valence-corrected chi connectivity index (χ0v) is 22.0. The second-order valence-corrected chi connectivity index (χ2v) is 10.00. The highest BCUT2D eigenvalue weighted by Gasteiger charge is 2.90. The Hall–Kier alpha value is -3.26. The molecule has 1 aliphatic carbocycles. The maximum Gasteiger partial charge on any atom is 0.460 e. The van der Waals surface area contributed by atoms with Crippen LogP contribution in [-0.4, -0.2) is 48.7 Å². The molecule has 43 heavy (non-hydrogen) atoms. The first-order chi connectivity index (χ1) is 19.6. The van der Waals surface area contributed by atoms with Gasteiger partial charge in [-0.15, -0.1) is 0 Å². The number of rotatable bonds is 11. The number of benzene rings is 2. The Balaban J connectivity index is 1.90. The molecule has 15 heteroatoms. The van der Waals surface area contributed by atoms with Gasteiger partial charge in [-0.2, -0.15) is 57.1 Å². The van der Waals surface area contributed by atoms with Crippen molar-refractivity contribution in [2.24, 2.45) is 5.92 Å². The van der Waals surface area contributed by atoms with Gasteiger partial charge in [-0.25, -0.2) is 0 Å². The van der Waals surface area contributed by atoms with Gasteiger partial charge in [-0.1, -0.05) is 48.6 Å². The minimum atomic E-state index is -7.94. The fourth-order valence-corrected chi connectivity index (χ4v) is 4.80. The predicted octanol–water partition coefficient (Wildman–Crippen LogP) is 9.30. The zero-order chi connectivity index (χ0) is 32.6. The number of hydrogen-bond acceptors (Lipinski definition) is 2. The second-order valence-electron chi connectivity index (χ2n) is 10.00. The highest BCUT2D eigenvalue weighted by atomic mass is 19.4.